The average molecular weight is 406 g/mol. The molecule has 0 fully saturated rings. The van der Waals surface area contributed by atoms with Crippen LogP contribution in [0.25, 0.3) is 0 Å². The van der Waals surface area contributed by atoms with E-state index in [1.165, 1.54) is 122 Å². The zero-order chi connectivity index (χ0) is 19.3. The van der Waals surface area contributed by atoms with E-state index in [-0.39, 0.29) is 12.4 Å². The molecule has 0 aliphatic carbocycles. The van der Waals surface area contributed by atoms with Crippen LogP contribution in [0, 0.1) is 0 Å². The van der Waals surface area contributed by atoms with Gasteiger partial charge in [-0.15, -0.1) is 0 Å². The Hall–Kier alpha value is 0.210. The summed E-state index contributed by atoms with van der Waals surface area (Å²) in [6.07, 6.45) is 22.3. The smallest absolute Gasteiger partial charge is 0.102 e. The number of quaternary nitrogens is 1. The van der Waals surface area contributed by atoms with Crippen molar-refractivity contribution < 1.29 is 22.0 Å². The van der Waals surface area contributed by atoms with E-state index in [0.717, 1.165) is 11.0 Å². The molecule has 0 aromatic rings. The molecule has 0 amide bonds. The molecular weight excluding hydrogens is 354 g/mol. The Morgan fingerprint density at radius 3 is 1.11 bits per heavy atom. The molecule has 0 saturated heterocycles. The van der Waals surface area contributed by atoms with Crippen molar-refractivity contribution in [2.45, 2.75) is 124 Å². The normalized spacial score (nSPS) is 11.6. The molecule has 27 heavy (non-hydrogen) atoms. The summed E-state index contributed by atoms with van der Waals surface area (Å²) in [5.41, 5.74) is 0. The second-order valence-electron chi connectivity index (χ2n) is 8.50. The van der Waals surface area contributed by atoms with E-state index in [9.17, 15) is 5.11 Å². The van der Waals surface area contributed by atoms with Crippen molar-refractivity contribution in [1.82, 2.24) is 0 Å². The first-order valence-corrected chi connectivity index (χ1v) is 12.2. The van der Waals surface area contributed by atoms with E-state index < -0.39 is 0 Å². The van der Waals surface area contributed by atoms with Crippen LogP contribution >= 0.6 is 0 Å². The van der Waals surface area contributed by atoms with Crippen molar-refractivity contribution in [1.29, 1.82) is 0 Å². The summed E-state index contributed by atoms with van der Waals surface area (Å²) < 4.78 is 1.15. The highest BCUT2D eigenvalue weighted by Gasteiger charge is 2.23. The predicted molar refractivity (Wildman–Crippen MR) is 118 cm³/mol. The molecule has 0 rings (SSSR count). The van der Waals surface area contributed by atoms with E-state index in [2.05, 4.69) is 20.8 Å². The summed E-state index contributed by atoms with van der Waals surface area (Å²) in [7, 11) is 0. The Morgan fingerprint density at radius 2 is 0.815 bits per heavy atom. The van der Waals surface area contributed by atoms with Gasteiger partial charge >= 0.3 is 0 Å². The Balaban J connectivity index is 0. The van der Waals surface area contributed by atoms with Crippen molar-refractivity contribution in [2.24, 2.45) is 0 Å². The molecule has 0 atom stereocenters. The van der Waals surface area contributed by atoms with Gasteiger partial charge in [0.25, 0.3) is 0 Å². The molecule has 0 heterocycles. The molecule has 2 nitrogen and oxygen atoms in total. The van der Waals surface area contributed by atoms with Crippen LogP contribution in [-0.4, -0.2) is 42.4 Å². The van der Waals surface area contributed by atoms with Crippen LogP contribution in [0.3, 0.4) is 0 Å². The standard InChI is InChI=1S/C24H52NO.ClH/c1-4-7-9-11-13-15-17-19-21-25(6-3,23-24-26)22-20-18-16-14-12-10-8-5-2;/h26H,4-24H2,1-3H3;1H/q+1;/p-1. The lowest BCUT2D eigenvalue weighted by Crippen LogP contribution is -3.00. The molecular formula is C24H52ClNO. The number of unbranched alkanes of at least 4 members (excludes halogenated alkanes) is 14. The van der Waals surface area contributed by atoms with Crippen molar-refractivity contribution in [3.8, 4) is 0 Å². The Kier molecular flexibility index (Phi) is 24.5. The molecule has 0 bridgehead atoms. The number of hydrogen-bond acceptors (Lipinski definition) is 1. The van der Waals surface area contributed by atoms with Crippen LogP contribution in [-0.2, 0) is 0 Å². The van der Waals surface area contributed by atoms with Gasteiger partial charge in [0, 0.05) is 0 Å². The summed E-state index contributed by atoms with van der Waals surface area (Å²) in [5.74, 6) is 0. The number of rotatable bonds is 21. The number of hydrogen-bond donors (Lipinski definition) is 1. The van der Waals surface area contributed by atoms with Crippen molar-refractivity contribution in [3.63, 3.8) is 0 Å². The number of aliphatic hydroxyl groups excluding tert-OH is 1. The van der Waals surface area contributed by atoms with Crippen molar-refractivity contribution in [2.75, 3.05) is 32.8 Å². The average Bonchev–Trinajstić information content (AvgIpc) is 2.66. The lowest BCUT2D eigenvalue weighted by atomic mass is 10.1. The molecule has 0 aromatic heterocycles. The van der Waals surface area contributed by atoms with Crippen LogP contribution < -0.4 is 12.4 Å². The highest BCUT2D eigenvalue weighted by molar-refractivity contribution is 4.51. The maximum atomic E-state index is 9.56. The highest BCUT2D eigenvalue weighted by atomic mass is 35.5. The maximum absolute atomic E-state index is 9.56. The predicted octanol–water partition coefficient (Wildman–Crippen LogP) is 4.10. The SMILES string of the molecule is CCCCCCCCCC[N+](CC)(CCO)CCCCCCCCCC.[Cl-]. The molecule has 0 radical (unpaired) electrons. The minimum absolute atomic E-state index is 0. The summed E-state index contributed by atoms with van der Waals surface area (Å²) in [6, 6.07) is 0. The summed E-state index contributed by atoms with van der Waals surface area (Å²) >= 11 is 0. The summed E-state index contributed by atoms with van der Waals surface area (Å²) in [6.45, 7) is 12.0. The highest BCUT2D eigenvalue weighted by Crippen LogP contribution is 2.16. The Morgan fingerprint density at radius 1 is 0.481 bits per heavy atom. The van der Waals surface area contributed by atoms with Gasteiger partial charge in [0.2, 0.25) is 0 Å². The number of aliphatic hydroxyl groups is 1. The van der Waals surface area contributed by atoms with E-state index in [0.29, 0.717) is 6.61 Å². The van der Waals surface area contributed by atoms with Crippen molar-refractivity contribution >= 4 is 0 Å². The summed E-state index contributed by atoms with van der Waals surface area (Å²) in [5, 5.41) is 9.56. The second kappa shape index (κ2) is 22.5. The molecule has 0 saturated carbocycles. The molecule has 0 aromatic carbocycles. The largest absolute Gasteiger partial charge is 1.00 e. The lowest BCUT2D eigenvalue weighted by molar-refractivity contribution is -0.927. The third kappa shape index (κ3) is 18.0. The minimum atomic E-state index is 0. The van der Waals surface area contributed by atoms with Gasteiger partial charge in [0.05, 0.1) is 26.2 Å². The monoisotopic (exact) mass is 405 g/mol. The topological polar surface area (TPSA) is 20.2 Å². The van der Waals surface area contributed by atoms with Gasteiger partial charge in [0.1, 0.15) is 6.54 Å². The van der Waals surface area contributed by atoms with Gasteiger partial charge in [-0.25, -0.2) is 0 Å². The van der Waals surface area contributed by atoms with Gasteiger partial charge in [-0.1, -0.05) is 90.9 Å². The molecule has 0 aliphatic rings. The first kappa shape index (κ1) is 29.4. The van der Waals surface area contributed by atoms with E-state index in [4.69, 9.17) is 0 Å². The fourth-order valence-corrected chi connectivity index (χ4v) is 4.18. The maximum Gasteiger partial charge on any atom is 0.102 e. The van der Waals surface area contributed by atoms with Gasteiger partial charge in [-0.05, 0) is 32.6 Å². The van der Waals surface area contributed by atoms with Crippen LogP contribution in [0.2, 0.25) is 0 Å². The number of halogens is 1. The van der Waals surface area contributed by atoms with Gasteiger partial charge < -0.3 is 22.0 Å². The quantitative estimate of drug-likeness (QED) is 0.225. The molecule has 0 unspecified atom stereocenters. The summed E-state index contributed by atoms with van der Waals surface area (Å²) in [4.78, 5) is 0. The van der Waals surface area contributed by atoms with Crippen LogP contribution in [0.15, 0.2) is 0 Å². The third-order valence-corrected chi connectivity index (χ3v) is 6.22. The molecule has 0 spiro atoms. The first-order valence-electron chi connectivity index (χ1n) is 12.2. The van der Waals surface area contributed by atoms with Crippen molar-refractivity contribution in [3.05, 3.63) is 0 Å². The van der Waals surface area contributed by atoms with E-state index in [1.807, 2.05) is 0 Å². The fraction of sp³-hybridized carbons (Fsp3) is 1.00. The lowest BCUT2D eigenvalue weighted by Gasteiger charge is -2.37. The van der Waals surface area contributed by atoms with Crippen LogP contribution in [0.1, 0.15) is 124 Å². The molecule has 1 N–H and O–H groups in total. The van der Waals surface area contributed by atoms with E-state index >= 15 is 0 Å². The van der Waals surface area contributed by atoms with Crippen LogP contribution in [0.4, 0.5) is 0 Å². The Bertz CT molecular complexity index is 253. The third-order valence-electron chi connectivity index (χ3n) is 6.22. The van der Waals surface area contributed by atoms with Gasteiger partial charge in [-0.3, -0.25) is 0 Å². The van der Waals surface area contributed by atoms with Gasteiger partial charge in [-0.2, -0.15) is 0 Å². The van der Waals surface area contributed by atoms with Gasteiger partial charge in [0.15, 0.2) is 0 Å². The number of nitrogens with zero attached hydrogens (tertiary/aromatic N) is 1. The minimum Gasteiger partial charge on any atom is -1.00 e. The Labute approximate surface area is 178 Å². The number of likely N-dealkylation sites (N-methyl/N-ethyl adjacent to an activating group) is 1. The molecule has 3 heteroatoms. The first-order chi connectivity index (χ1) is 12.7. The fourth-order valence-electron chi connectivity index (χ4n) is 4.18. The zero-order valence-corrected chi connectivity index (χ0v) is 19.9. The van der Waals surface area contributed by atoms with Crippen LogP contribution in [0.5, 0.6) is 0 Å². The zero-order valence-electron chi connectivity index (χ0n) is 19.1. The second-order valence-corrected chi connectivity index (χ2v) is 8.50. The molecule has 166 valence electrons. The molecule has 0 aliphatic heterocycles. The van der Waals surface area contributed by atoms with E-state index in [1.54, 1.807) is 0 Å².